The first-order chi connectivity index (χ1) is 9.93. The fourth-order valence-electron chi connectivity index (χ4n) is 3.03. The van der Waals surface area contributed by atoms with Gasteiger partial charge in [0, 0.05) is 18.8 Å². The maximum absolute atomic E-state index is 9.04. The number of rotatable bonds is 3. The highest BCUT2D eigenvalue weighted by Gasteiger charge is 2.24. The van der Waals surface area contributed by atoms with E-state index in [1.165, 1.54) is 0 Å². The number of piperidine rings is 1. The molecular weight excluding hydrogens is 266 g/mol. The molecule has 0 unspecified atom stereocenters. The van der Waals surface area contributed by atoms with Crippen LogP contribution in [0.3, 0.4) is 0 Å². The zero-order valence-corrected chi connectivity index (χ0v) is 13.3. The highest BCUT2D eigenvalue weighted by Crippen LogP contribution is 2.27. The molecule has 6 heteroatoms. The van der Waals surface area contributed by atoms with Crippen molar-refractivity contribution in [3.8, 4) is 0 Å². The molecule has 2 heterocycles. The van der Waals surface area contributed by atoms with Crippen molar-refractivity contribution in [2.24, 2.45) is 10.9 Å². The molecule has 0 radical (unpaired) electrons. The van der Waals surface area contributed by atoms with Crippen LogP contribution >= 0.6 is 0 Å². The molecule has 1 aliphatic rings. The summed E-state index contributed by atoms with van der Waals surface area (Å²) in [4.78, 5) is 9.03. The van der Waals surface area contributed by atoms with Gasteiger partial charge < -0.3 is 20.7 Å². The number of amidine groups is 1. The molecule has 21 heavy (non-hydrogen) atoms. The van der Waals surface area contributed by atoms with Gasteiger partial charge in [-0.25, -0.2) is 0 Å². The number of likely N-dealkylation sites (tertiary alicyclic amines) is 1. The SMILES string of the molecule is Cc1cc(N(C)C2CCN(C)CC2)c(/C(N)=N/O)c(C)n1. The van der Waals surface area contributed by atoms with Crippen molar-refractivity contribution in [1.82, 2.24) is 9.88 Å². The van der Waals surface area contributed by atoms with E-state index in [1.807, 2.05) is 19.9 Å². The molecule has 1 aromatic heterocycles. The maximum Gasteiger partial charge on any atom is 0.174 e. The molecule has 0 aliphatic carbocycles. The van der Waals surface area contributed by atoms with E-state index in [9.17, 15) is 0 Å². The smallest absolute Gasteiger partial charge is 0.174 e. The van der Waals surface area contributed by atoms with Crippen LogP contribution in [0, 0.1) is 13.8 Å². The van der Waals surface area contributed by atoms with Gasteiger partial charge in [-0.2, -0.15) is 0 Å². The van der Waals surface area contributed by atoms with Crippen molar-refractivity contribution in [1.29, 1.82) is 0 Å². The average molecular weight is 291 g/mol. The summed E-state index contributed by atoms with van der Waals surface area (Å²) < 4.78 is 0. The van der Waals surface area contributed by atoms with E-state index in [4.69, 9.17) is 10.9 Å². The summed E-state index contributed by atoms with van der Waals surface area (Å²) in [5.41, 5.74) is 9.31. The molecule has 116 valence electrons. The van der Waals surface area contributed by atoms with Gasteiger partial charge in [0.1, 0.15) is 0 Å². The molecule has 6 nitrogen and oxygen atoms in total. The fourth-order valence-corrected chi connectivity index (χ4v) is 3.03. The molecule has 0 spiro atoms. The quantitative estimate of drug-likeness (QED) is 0.380. The van der Waals surface area contributed by atoms with Crippen molar-refractivity contribution in [3.63, 3.8) is 0 Å². The van der Waals surface area contributed by atoms with Crippen LogP contribution in [0.1, 0.15) is 29.8 Å². The second kappa shape index (κ2) is 6.30. The number of anilines is 1. The largest absolute Gasteiger partial charge is 0.409 e. The van der Waals surface area contributed by atoms with Crippen LogP contribution in [-0.2, 0) is 0 Å². The second-order valence-electron chi connectivity index (χ2n) is 5.87. The molecule has 3 N–H and O–H groups in total. The Labute approximate surface area is 126 Å². The third-order valence-electron chi connectivity index (χ3n) is 4.29. The molecule has 1 aromatic rings. The first-order valence-corrected chi connectivity index (χ1v) is 7.31. The van der Waals surface area contributed by atoms with Crippen LogP contribution in [0.4, 0.5) is 5.69 Å². The van der Waals surface area contributed by atoms with Crippen LogP contribution in [0.15, 0.2) is 11.2 Å². The molecule has 0 saturated carbocycles. The van der Waals surface area contributed by atoms with Crippen molar-refractivity contribution in [2.75, 3.05) is 32.1 Å². The Morgan fingerprint density at radius 1 is 1.43 bits per heavy atom. The molecule has 1 fully saturated rings. The van der Waals surface area contributed by atoms with E-state index in [0.29, 0.717) is 6.04 Å². The first-order valence-electron chi connectivity index (χ1n) is 7.31. The molecule has 1 aliphatic heterocycles. The number of nitrogens with zero attached hydrogens (tertiary/aromatic N) is 4. The predicted octanol–water partition coefficient (Wildman–Crippen LogP) is 1.32. The van der Waals surface area contributed by atoms with E-state index < -0.39 is 0 Å². The summed E-state index contributed by atoms with van der Waals surface area (Å²) in [6.45, 7) is 6.05. The lowest BCUT2D eigenvalue weighted by molar-refractivity contribution is 0.253. The van der Waals surface area contributed by atoms with Gasteiger partial charge in [-0.3, -0.25) is 4.98 Å². The number of aryl methyl sites for hydroxylation is 2. The van der Waals surface area contributed by atoms with E-state index in [0.717, 1.165) is 48.6 Å². The zero-order valence-electron chi connectivity index (χ0n) is 13.3. The van der Waals surface area contributed by atoms with Crippen LogP contribution in [-0.4, -0.2) is 54.2 Å². The Morgan fingerprint density at radius 3 is 2.62 bits per heavy atom. The van der Waals surface area contributed by atoms with Gasteiger partial charge in [0.2, 0.25) is 0 Å². The average Bonchev–Trinajstić information content (AvgIpc) is 2.45. The lowest BCUT2D eigenvalue weighted by Gasteiger charge is -2.37. The minimum atomic E-state index is 0.120. The van der Waals surface area contributed by atoms with Crippen molar-refractivity contribution in [3.05, 3.63) is 23.0 Å². The number of hydrogen-bond donors (Lipinski definition) is 2. The predicted molar refractivity (Wildman–Crippen MR) is 85.1 cm³/mol. The summed E-state index contributed by atoms with van der Waals surface area (Å²) >= 11 is 0. The van der Waals surface area contributed by atoms with Gasteiger partial charge in [-0.1, -0.05) is 5.16 Å². The number of hydrogen-bond acceptors (Lipinski definition) is 5. The van der Waals surface area contributed by atoms with Crippen LogP contribution in [0.2, 0.25) is 0 Å². The standard InChI is InChI=1S/C15H25N5O/c1-10-9-13(14(11(2)17-10)15(16)18-21)20(4)12-5-7-19(3)8-6-12/h9,12,21H,5-8H2,1-4H3,(H2,16,18). The Kier molecular flexibility index (Phi) is 4.67. The van der Waals surface area contributed by atoms with Gasteiger partial charge in [0.05, 0.1) is 16.9 Å². The Bertz CT molecular complexity index is 535. The minimum Gasteiger partial charge on any atom is -0.409 e. The Morgan fingerprint density at radius 2 is 2.05 bits per heavy atom. The first kappa shape index (κ1) is 15.6. The van der Waals surface area contributed by atoms with Gasteiger partial charge in [0.15, 0.2) is 5.84 Å². The number of pyridine rings is 1. The third-order valence-corrected chi connectivity index (χ3v) is 4.29. The Balaban J connectivity index is 2.37. The maximum atomic E-state index is 9.04. The molecule has 2 rings (SSSR count). The normalized spacial score (nSPS) is 18.0. The van der Waals surface area contributed by atoms with Gasteiger partial charge in [0.25, 0.3) is 0 Å². The summed E-state index contributed by atoms with van der Waals surface area (Å²) in [5.74, 6) is 0.120. The van der Waals surface area contributed by atoms with E-state index in [-0.39, 0.29) is 5.84 Å². The molecule has 0 bridgehead atoms. The molecular formula is C15H25N5O. The van der Waals surface area contributed by atoms with Crippen molar-refractivity contribution in [2.45, 2.75) is 32.7 Å². The topological polar surface area (TPSA) is 78.0 Å². The monoisotopic (exact) mass is 291 g/mol. The Hall–Kier alpha value is -1.82. The lowest BCUT2D eigenvalue weighted by Crippen LogP contribution is -2.42. The van der Waals surface area contributed by atoms with E-state index in [2.05, 4.69) is 34.0 Å². The van der Waals surface area contributed by atoms with Gasteiger partial charge in [-0.15, -0.1) is 0 Å². The molecule has 1 saturated heterocycles. The zero-order chi connectivity index (χ0) is 15.6. The van der Waals surface area contributed by atoms with Crippen LogP contribution < -0.4 is 10.6 Å². The van der Waals surface area contributed by atoms with Crippen molar-refractivity contribution >= 4 is 11.5 Å². The second-order valence-corrected chi connectivity index (χ2v) is 5.87. The molecule has 0 atom stereocenters. The van der Waals surface area contributed by atoms with E-state index >= 15 is 0 Å². The van der Waals surface area contributed by atoms with Crippen LogP contribution in [0.5, 0.6) is 0 Å². The summed E-state index contributed by atoms with van der Waals surface area (Å²) in [6, 6.07) is 2.48. The molecule has 0 aromatic carbocycles. The van der Waals surface area contributed by atoms with Gasteiger partial charge >= 0.3 is 0 Å². The summed E-state index contributed by atoms with van der Waals surface area (Å²) in [5, 5.41) is 12.2. The highest BCUT2D eigenvalue weighted by molar-refractivity contribution is 6.03. The fraction of sp³-hybridized carbons (Fsp3) is 0.600. The number of oxime groups is 1. The number of nitrogens with two attached hydrogens (primary N) is 1. The highest BCUT2D eigenvalue weighted by atomic mass is 16.4. The molecule has 0 amide bonds. The summed E-state index contributed by atoms with van der Waals surface area (Å²) in [6.07, 6.45) is 2.23. The minimum absolute atomic E-state index is 0.120. The lowest BCUT2D eigenvalue weighted by atomic mass is 10.0. The van der Waals surface area contributed by atoms with Gasteiger partial charge in [-0.05, 0) is 52.9 Å². The van der Waals surface area contributed by atoms with Crippen LogP contribution in [0.25, 0.3) is 0 Å². The summed E-state index contributed by atoms with van der Waals surface area (Å²) in [7, 11) is 4.23. The van der Waals surface area contributed by atoms with Crippen molar-refractivity contribution < 1.29 is 5.21 Å². The third kappa shape index (κ3) is 3.26. The van der Waals surface area contributed by atoms with E-state index in [1.54, 1.807) is 0 Å². The number of aromatic nitrogens is 1.